The second-order valence-electron chi connectivity index (χ2n) is 6.10. The van der Waals surface area contributed by atoms with Gasteiger partial charge < -0.3 is 10.1 Å². The van der Waals surface area contributed by atoms with Crippen LogP contribution in [-0.2, 0) is 10.3 Å². The van der Waals surface area contributed by atoms with Crippen LogP contribution in [0.4, 0.5) is 19.1 Å². The third kappa shape index (κ3) is 3.90. The maximum atomic E-state index is 13.3. The van der Waals surface area contributed by atoms with E-state index in [2.05, 4.69) is 15.3 Å². The van der Waals surface area contributed by atoms with Crippen LogP contribution in [0, 0.1) is 11.2 Å². The van der Waals surface area contributed by atoms with E-state index in [1.807, 2.05) is 0 Å². The van der Waals surface area contributed by atoms with Crippen LogP contribution in [-0.4, -0.2) is 22.3 Å². The molecule has 1 heterocycles. The topological polar surface area (TPSA) is 70.9 Å². The minimum Gasteiger partial charge on any atom is -0.469 e. The molecular weight excluding hydrogens is 369 g/mol. The second-order valence-corrected chi connectivity index (χ2v) is 6.51. The summed E-state index contributed by atoms with van der Waals surface area (Å²) in [6.45, 7) is 1.53. The van der Waals surface area contributed by atoms with Gasteiger partial charge in [-0.1, -0.05) is 17.7 Å². The van der Waals surface area contributed by atoms with Crippen LogP contribution in [0.25, 0.3) is 0 Å². The number of halogens is 4. The van der Waals surface area contributed by atoms with Crippen molar-refractivity contribution in [1.82, 2.24) is 9.97 Å². The van der Waals surface area contributed by atoms with E-state index in [1.54, 1.807) is 12.1 Å². The highest BCUT2D eigenvalue weighted by Crippen LogP contribution is 2.48. The number of rotatable bonds is 6. The minimum atomic E-state index is -2.96. The molecule has 0 spiro atoms. The Morgan fingerprint density at radius 3 is 2.50 bits per heavy atom. The van der Waals surface area contributed by atoms with Crippen LogP contribution in [0.1, 0.15) is 37.0 Å². The van der Waals surface area contributed by atoms with Crippen LogP contribution in [0.3, 0.4) is 0 Å². The number of hydrogen-bond donors (Lipinski definition) is 2. The lowest BCUT2D eigenvalue weighted by molar-refractivity contribution is 0.131. The van der Waals surface area contributed by atoms with Crippen molar-refractivity contribution in [3.63, 3.8) is 0 Å². The molecule has 2 aromatic rings. The summed E-state index contributed by atoms with van der Waals surface area (Å²) in [6.07, 6.45) is 0.822. The molecule has 0 amide bonds. The van der Waals surface area contributed by atoms with Gasteiger partial charge in [-0.3, -0.25) is 5.41 Å². The summed E-state index contributed by atoms with van der Waals surface area (Å²) in [7, 11) is 0. The number of nitrogens with one attached hydrogen (secondary N) is 2. The molecule has 1 atom stereocenters. The van der Waals surface area contributed by atoms with Crippen molar-refractivity contribution in [3.05, 3.63) is 52.6 Å². The maximum absolute atomic E-state index is 13.3. The zero-order valence-corrected chi connectivity index (χ0v) is 14.5. The van der Waals surface area contributed by atoms with Crippen molar-refractivity contribution in [3.8, 4) is 0 Å². The van der Waals surface area contributed by atoms with Gasteiger partial charge in [0.25, 0.3) is 0 Å². The third-order valence-electron chi connectivity index (χ3n) is 4.22. The maximum Gasteiger partial charge on any atom is 0.312 e. The molecule has 1 fully saturated rings. The van der Waals surface area contributed by atoms with Crippen molar-refractivity contribution < 1.29 is 17.9 Å². The highest BCUT2D eigenvalue weighted by atomic mass is 35.5. The lowest BCUT2D eigenvalue weighted by Crippen LogP contribution is -2.21. The molecule has 138 valence electrons. The van der Waals surface area contributed by atoms with E-state index in [-0.39, 0.29) is 5.02 Å². The van der Waals surface area contributed by atoms with Crippen LogP contribution in [0.2, 0.25) is 5.02 Å². The first kappa shape index (κ1) is 18.4. The van der Waals surface area contributed by atoms with E-state index in [0.717, 1.165) is 18.4 Å². The molecule has 0 bridgehead atoms. The summed E-state index contributed by atoms with van der Waals surface area (Å²) in [5.41, 5.74) is 0.924. The van der Waals surface area contributed by atoms with Crippen molar-refractivity contribution in [2.75, 3.05) is 5.32 Å². The Bertz CT molecular complexity index is 812. The molecule has 26 heavy (non-hydrogen) atoms. The number of aromatic nitrogens is 2. The summed E-state index contributed by atoms with van der Waals surface area (Å²) in [5.74, 6) is -1.22. The molecule has 0 saturated heterocycles. The average molecular weight is 385 g/mol. The number of benzene rings is 1. The predicted molar refractivity (Wildman–Crippen MR) is 91.2 cm³/mol. The fourth-order valence-electron chi connectivity index (χ4n) is 2.54. The van der Waals surface area contributed by atoms with Gasteiger partial charge in [0.05, 0.1) is 10.6 Å². The fourth-order valence-corrected chi connectivity index (χ4v) is 2.72. The Labute approximate surface area is 153 Å². The zero-order valence-electron chi connectivity index (χ0n) is 13.8. The molecule has 0 aliphatic heterocycles. The Kier molecular flexibility index (Phi) is 5.04. The zero-order chi connectivity index (χ0) is 18.9. The van der Waals surface area contributed by atoms with Crippen LogP contribution in [0.5, 0.6) is 0 Å². The Balaban J connectivity index is 1.69. The van der Waals surface area contributed by atoms with Gasteiger partial charge >= 0.3 is 6.43 Å². The third-order valence-corrected chi connectivity index (χ3v) is 4.51. The number of ether oxygens (including phenoxy) is 1. The van der Waals surface area contributed by atoms with Crippen LogP contribution >= 0.6 is 11.6 Å². The van der Waals surface area contributed by atoms with E-state index >= 15 is 0 Å². The molecular formula is C17H16ClF3N4O. The van der Waals surface area contributed by atoms with Crippen LogP contribution in [0.15, 0.2) is 30.6 Å². The predicted octanol–water partition coefficient (Wildman–Crippen LogP) is 4.69. The van der Waals surface area contributed by atoms with E-state index in [4.69, 9.17) is 21.7 Å². The molecule has 1 aromatic heterocycles. The van der Waals surface area contributed by atoms with E-state index in [0.29, 0.717) is 11.5 Å². The fraction of sp³-hybridized carbons (Fsp3) is 0.353. The molecule has 3 rings (SSSR count). The summed E-state index contributed by atoms with van der Waals surface area (Å²) < 4.78 is 42.9. The molecule has 1 aliphatic rings. The molecule has 0 radical (unpaired) electrons. The molecule has 5 nitrogen and oxygen atoms in total. The van der Waals surface area contributed by atoms with Crippen molar-refractivity contribution >= 4 is 23.4 Å². The standard InChI is InChI=1S/C17H16ClF3N4O/c1-9(26-15(22)14(20)21)10-7-23-16(24-8-10)25-17(4-5-17)11-2-3-13(19)12(18)6-11/h2-3,6-9,14,22H,4-5H2,1H3,(H,23,24,25). The quantitative estimate of drug-likeness (QED) is 0.560. The summed E-state index contributed by atoms with van der Waals surface area (Å²) in [5, 5.41) is 10.3. The molecule has 1 aliphatic carbocycles. The minimum absolute atomic E-state index is 0.0549. The van der Waals surface area contributed by atoms with Gasteiger partial charge in [-0.05, 0) is 37.5 Å². The van der Waals surface area contributed by atoms with Crippen molar-refractivity contribution in [2.24, 2.45) is 0 Å². The van der Waals surface area contributed by atoms with Gasteiger partial charge in [0, 0.05) is 18.0 Å². The Hall–Kier alpha value is -2.35. The first-order valence-corrected chi connectivity index (χ1v) is 8.27. The first-order chi connectivity index (χ1) is 12.3. The molecule has 1 aromatic carbocycles. The monoisotopic (exact) mass is 384 g/mol. The highest BCUT2D eigenvalue weighted by molar-refractivity contribution is 6.30. The number of alkyl halides is 2. The van der Waals surface area contributed by atoms with E-state index in [9.17, 15) is 13.2 Å². The smallest absolute Gasteiger partial charge is 0.312 e. The highest BCUT2D eigenvalue weighted by Gasteiger charge is 2.45. The van der Waals surface area contributed by atoms with Crippen molar-refractivity contribution in [2.45, 2.75) is 37.8 Å². The number of nitrogens with zero attached hydrogens (tertiary/aromatic N) is 2. The van der Waals surface area contributed by atoms with E-state index < -0.39 is 29.8 Å². The summed E-state index contributed by atoms with van der Waals surface area (Å²) in [4.78, 5) is 8.35. The van der Waals surface area contributed by atoms with Gasteiger partial charge in [-0.25, -0.2) is 14.4 Å². The van der Waals surface area contributed by atoms with Gasteiger partial charge in [0.2, 0.25) is 11.8 Å². The molecule has 9 heteroatoms. The first-order valence-electron chi connectivity index (χ1n) is 7.90. The SMILES string of the molecule is CC(OC(=N)C(F)F)c1cnc(NC2(c3ccc(F)c(Cl)c3)CC2)nc1. The van der Waals surface area contributed by atoms with Gasteiger partial charge in [-0.2, -0.15) is 8.78 Å². The normalized spacial score (nSPS) is 16.2. The van der Waals surface area contributed by atoms with Gasteiger partial charge in [-0.15, -0.1) is 0 Å². The summed E-state index contributed by atoms with van der Waals surface area (Å²) >= 11 is 5.85. The number of hydrogen-bond acceptors (Lipinski definition) is 5. The lowest BCUT2D eigenvalue weighted by Gasteiger charge is -2.19. The average Bonchev–Trinajstić information content (AvgIpc) is 3.38. The second kappa shape index (κ2) is 7.11. The van der Waals surface area contributed by atoms with Gasteiger partial charge in [0.1, 0.15) is 11.9 Å². The van der Waals surface area contributed by atoms with Crippen LogP contribution < -0.4 is 5.32 Å². The molecule has 2 N–H and O–H groups in total. The van der Waals surface area contributed by atoms with E-state index in [1.165, 1.54) is 25.4 Å². The number of anilines is 1. The molecule has 1 saturated carbocycles. The Morgan fingerprint density at radius 1 is 1.31 bits per heavy atom. The molecule has 1 unspecified atom stereocenters. The summed E-state index contributed by atoms with van der Waals surface area (Å²) in [6, 6.07) is 4.57. The Morgan fingerprint density at radius 2 is 1.96 bits per heavy atom. The largest absolute Gasteiger partial charge is 0.469 e. The lowest BCUT2D eigenvalue weighted by atomic mass is 10.1. The van der Waals surface area contributed by atoms with Gasteiger partial charge in [0.15, 0.2) is 0 Å². The van der Waals surface area contributed by atoms with Crippen molar-refractivity contribution in [1.29, 1.82) is 5.41 Å².